The van der Waals surface area contributed by atoms with Gasteiger partial charge in [-0.25, -0.2) is 0 Å². The summed E-state index contributed by atoms with van der Waals surface area (Å²) in [6.07, 6.45) is 6.39. The van der Waals surface area contributed by atoms with Crippen LogP contribution < -0.4 is 11.1 Å². The Morgan fingerprint density at radius 1 is 1.15 bits per heavy atom. The van der Waals surface area contributed by atoms with Gasteiger partial charge in [-0.2, -0.15) is 0 Å². The lowest BCUT2D eigenvalue weighted by molar-refractivity contribution is -0.125. The van der Waals surface area contributed by atoms with E-state index in [1.165, 1.54) is 19.3 Å². The van der Waals surface area contributed by atoms with E-state index in [0.717, 1.165) is 32.4 Å². The highest BCUT2D eigenvalue weighted by Gasteiger charge is 2.26. The van der Waals surface area contributed by atoms with Gasteiger partial charge in [0.2, 0.25) is 11.8 Å². The molecule has 0 aromatic heterocycles. The largest absolute Gasteiger partial charge is 0.369 e. The molecular weight excluding hydrogens is 254 g/mol. The number of nitrogens with one attached hydrogen (secondary N) is 1. The van der Waals surface area contributed by atoms with Gasteiger partial charge in [-0.05, 0) is 44.7 Å². The number of likely N-dealkylation sites (tertiary alicyclic amines) is 1. The summed E-state index contributed by atoms with van der Waals surface area (Å²) in [4.78, 5) is 25.3. The summed E-state index contributed by atoms with van der Waals surface area (Å²) >= 11 is 0. The van der Waals surface area contributed by atoms with E-state index in [1.54, 1.807) is 0 Å². The second-order valence-electron chi connectivity index (χ2n) is 6.39. The van der Waals surface area contributed by atoms with Crippen LogP contribution in [-0.2, 0) is 9.59 Å². The van der Waals surface area contributed by atoms with Crippen molar-refractivity contribution in [2.24, 2.45) is 17.6 Å². The van der Waals surface area contributed by atoms with Gasteiger partial charge in [0.25, 0.3) is 0 Å². The summed E-state index contributed by atoms with van der Waals surface area (Å²) in [5.74, 6) is 0.507. The summed E-state index contributed by atoms with van der Waals surface area (Å²) in [7, 11) is 0. The third kappa shape index (κ3) is 4.20. The Bertz CT molecular complexity index is 351. The van der Waals surface area contributed by atoms with E-state index in [1.807, 2.05) is 0 Å². The van der Waals surface area contributed by atoms with Crippen LogP contribution in [0, 0.1) is 11.8 Å². The lowest BCUT2D eigenvalue weighted by Gasteiger charge is -2.32. The molecule has 1 saturated heterocycles. The average Bonchev–Trinajstić information content (AvgIpc) is 2.42. The van der Waals surface area contributed by atoms with Crippen LogP contribution in [-0.4, -0.2) is 42.4 Å². The quantitative estimate of drug-likeness (QED) is 0.803. The number of nitrogens with zero attached hydrogens (tertiary/aromatic N) is 1. The van der Waals surface area contributed by atoms with Crippen LogP contribution in [0.1, 0.15) is 45.4 Å². The van der Waals surface area contributed by atoms with Crippen LogP contribution in [0.5, 0.6) is 0 Å². The van der Waals surface area contributed by atoms with E-state index >= 15 is 0 Å². The number of rotatable bonds is 4. The molecule has 0 spiro atoms. The van der Waals surface area contributed by atoms with Crippen molar-refractivity contribution in [1.82, 2.24) is 10.2 Å². The third-order valence-electron chi connectivity index (χ3n) is 4.82. The van der Waals surface area contributed by atoms with Crippen LogP contribution in [0.15, 0.2) is 0 Å². The van der Waals surface area contributed by atoms with E-state index < -0.39 is 0 Å². The van der Waals surface area contributed by atoms with Gasteiger partial charge in [-0.15, -0.1) is 0 Å². The van der Waals surface area contributed by atoms with Crippen molar-refractivity contribution in [3.63, 3.8) is 0 Å². The smallest absolute Gasteiger partial charge is 0.234 e. The van der Waals surface area contributed by atoms with Crippen LogP contribution in [0.3, 0.4) is 0 Å². The fraction of sp³-hybridized carbons (Fsp3) is 0.867. The van der Waals surface area contributed by atoms with Crippen molar-refractivity contribution in [3.8, 4) is 0 Å². The van der Waals surface area contributed by atoms with Gasteiger partial charge in [0.05, 0.1) is 6.54 Å². The van der Waals surface area contributed by atoms with Crippen LogP contribution in [0.4, 0.5) is 0 Å². The zero-order valence-electron chi connectivity index (χ0n) is 12.4. The maximum atomic E-state index is 12.1. The van der Waals surface area contributed by atoms with Crippen molar-refractivity contribution >= 4 is 11.8 Å². The molecule has 2 fully saturated rings. The molecule has 0 radical (unpaired) electrons. The summed E-state index contributed by atoms with van der Waals surface area (Å²) in [5.41, 5.74) is 5.32. The summed E-state index contributed by atoms with van der Waals surface area (Å²) in [6.45, 7) is 4.26. The van der Waals surface area contributed by atoms with Gasteiger partial charge in [0, 0.05) is 12.0 Å². The van der Waals surface area contributed by atoms with E-state index in [2.05, 4.69) is 17.1 Å². The molecule has 3 N–H and O–H groups in total. The zero-order valence-corrected chi connectivity index (χ0v) is 12.4. The zero-order chi connectivity index (χ0) is 14.5. The molecule has 2 rings (SSSR count). The second kappa shape index (κ2) is 7.07. The molecule has 1 saturated carbocycles. The fourth-order valence-corrected chi connectivity index (χ4v) is 3.36. The first-order chi connectivity index (χ1) is 9.56. The van der Waals surface area contributed by atoms with Gasteiger partial charge in [-0.1, -0.05) is 19.8 Å². The third-order valence-corrected chi connectivity index (χ3v) is 4.82. The monoisotopic (exact) mass is 281 g/mol. The van der Waals surface area contributed by atoms with E-state index in [4.69, 9.17) is 5.73 Å². The Morgan fingerprint density at radius 2 is 1.80 bits per heavy atom. The minimum Gasteiger partial charge on any atom is -0.369 e. The summed E-state index contributed by atoms with van der Waals surface area (Å²) in [5, 5.41) is 3.18. The minimum atomic E-state index is -0.204. The molecule has 20 heavy (non-hydrogen) atoms. The Hall–Kier alpha value is -1.10. The number of piperidine rings is 1. The van der Waals surface area contributed by atoms with Gasteiger partial charge < -0.3 is 11.1 Å². The number of carbonyl (C=O) groups is 2. The molecule has 2 atom stereocenters. The first-order valence-corrected chi connectivity index (χ1v) is 7.87. The standard InChI is InChI=1S/C15H27N3O2/c1-11-4-2-3-5-13(11)17-14(19)10-18-8-6-12(7-9-18)15(16)20/h11-13H,2-10H2,1H3,(H2,16,20)(H,17,19)/t11-,13-/m1/s1. The highest BCUT2D eigenvalue weighted by Crippen LogP contribution is 2.23. The first-order valence-electron chi connectivity index (χ1n) is 7.87. The molecule has 1 aliphatic heterocycles. The van der Waals surface area contributed by atoms with E-state index in [0.29, 0.717) is 18.5 Å². The van der Waals surface area contributed by atoms with E-state index in [-0.39, 0.29) is 17.7 Å². The molecule has 114 valence electrons. The highest BCUT2D eigenvalue weighted by atomic mass is 16.2. The predicted molar refractivity (Wildman–Crippen MR) is 77.9 cm³/mol. The number of primary amides is 1. The summed E-state index contributed by atoms with van der Waals surface area (Å²) in [6, 6.07) is 0.347. The van der Waals surface area contributed by atoms with Crippen LogP contribution in [0.2, 0.25) is 0 Å². The van der Waals surface area contributed by atoms with Gasteiger partial charge in [-0.3, -0.25) is 14.5 Å². The van der Waals surface area contributed by atoms with Gasteiger partial charge in [0.1, 0.15) is 0 Å². The second-order valence-corrected chi connectivity index (χ2v) is 6.39. The van der Waals surface area contributed by atoms with Crippen molar-refractivity contribution in [2.75, 3.05) is 19.6 Å². The van der Waals surface area contributed by atoms with Crippen molar-refractivity contribution in [3.05, 3.63) is 0 Å². The van der Waals surface area contributed by atoms with Crippen LogP contribution in [0.25, 0.3) is 0 Å². The van der Waals surface area contributed by atoms with Gasteiger partial charge in [0.15, 0.2) is 0 Å². The first kappa shape index (κ1) is 15.3. The Balaban J connectivity index is 1.71. The number of amides is 2. The highest BCUT2D eigenvalue weighted by molar-refractivity contribution is 5.79. The lowest BCUT2D eigenvalue weighted by Crippen LogP contribution is -2.47. The molecule has 2 amide bonds. The lowest BCUT2D eigenvalue weighted by atomic mass is 9.86. The molecule has 2 aliphatic rings. The maximum Gasteiger partial charge on any atom is 0.234 e. The number of hydrogen-bond donors (Lipinski definition) is 2. The molecule has 5 heteroatoms. The van der Waals surface area contributed by atoms with Gasteiger partial charge >= 0.3 is 0 Å². The maximum absolute atomic E-state index is 12.1. The molecule has 0 aromatic rings. The SMILES string of the molecule is C[C@@H]1CCCC[C@H]1NC(=O)CN1CCC(C(N)=O)CC1. The van der Waals surface area contributed by atoms with Crippen LogP contribution >= 0.6 is 0 Å². The molecular formula is C15H27N3O2. The molecule has 5 nitrogen and oxygen atoms in total. The molecule has 1 heterocycles. The Morgan fingerprint density at radius 3 is 2.40 bits per heavy atom. The van der Waals surface area contributed by atoms with Crippen molar-refractivity contribution in [1.29, 1.82) is 0 Å². The minimum absolute atomic E-state index is 0.00678. The Kier molecular flexibility index (Phi) is 5.40. The number of nitrogens with two attached hydrogens (primary N) is 1. The average molecular weight is 281 g/mol. The normalized spacial score (nSPS) is 29.1. The molecule has 0 aromatic carbocycles. The molecule has 0 bridgehead atoms. The Labute approximate surface area is 121 Å². The predicted octanol–water partition coefficient (Wildman–Crippen LogP) is 0.879. The topological polar surface area (TPSA) is 75.4 Å². The van der Waals surface area contributed by atoms with Crippen molar-refractivity contribution in [2.45, 2.75) is 51.5 Å². The number of carbonyl (C=O) groups excluding carboxylic acids is 2. The van der Waals surface area contributed by atoms with Crippen molar-refractivity contribution < 1.29 is 9.59 Å². The summed E-state index contributed by atoms with van der Waals surface area (Å²) < 4.78 is 0. The molecule has 1 aliphatic carbocycles. The number of hydrogen-bond acceptors (Lipinski definition) is 3. The molecule has 0 unspecified atom stereocenters. The fourth-order valence-electron chi connectivity index (χ4n) is 3.36. The van der Waals surface area contributed by atoms with E-state index in [9.17, 15) is 9.59 Å².